The second-order valence-corrected chi connectivity index (χ2v) is 9.22. The van der Waals surface area contributed by atoms with Gasteiger partial charge in [-0.3, -0.25) is 14.3 Å². The van der Waals surface area contributed by atoms with Gasteiger partial charge in [-0.1, -0.05) is 36.0 Å². The molecule has 0 spiro atoms. The molecule has 11 heteroatoms. The molecule has 0 saturated carbocycles. The highest BCUT2D eigenvalue weighted by molar-refractivity contribution is 8.00. The highest BCUT2D eigenvalue weighted by Crippen LogP contribution is 2.23. The van der Waals surface area contributed by atoms with Gasteiger partial charge in [0, 0.05) is 11.9 Å². The number of carbonyl (C=O) groups excluding carboxylic acids is 1. The number of amides is 1. The Bertz CT molecular complexity index is 1240. The summed E-state index contributed by atoms with van der Waals surface area (Å²) in [4.78, 5) is 27.0. The molecule has 0 radical (unpaired) electrons. The number of rotatable bonds is 7. The summed E-state index contributed by atoms with van der Waals surface area (Å²) in [6, 6.07) is 13.3. The van der Waals surface area contributed by atoms with E-state index in [4.69, 9.17) is 0 Å². The lowest BCUT2D eigenvalue weighted by Gasteiger charge is -2.11. The highest BCUT2D eigenvalue weighted by Gasteiger charge is 2.23. The number of carbonyl (C=O) groups is 1. The van der Waals surface area contributed by atoms with Crippen LogP contribution in [0.1, 0.15) is 17.5 Å². The monoisotopic (exact) mass is 455 g/mol. The molecule has 31 heavy (non-hydrogen) atoms. The maximum atomic E-state index is 13.0. The lowest BCUT2D eigenvalue weighted by atomic mass is 10.3. The normalized spacial score (nSPS) is 12.1. The zero-order valence-electron chi connectivity index (χ0n) is 17.2. The first-order valence-electron chi connectivity index (χ1n) is 9.55. The number of hydrogen-bond acceptors (Lipinski definition) is 7. The van der Waals surface area contributed by atoms with Gasteiger partial charge < -0.3 is 5.32 Å². The molecular weight excluding hydrogens is 434 g/mol. The van der Waals surface area contributed by atoms with Crippen LogP contribution in [0, 0.1) is 6.92 Å². The summed E-state index contributed by atoms with van der Waals surface area (Å²) in [5.74, 6) is -0.290. The predicted octanol–water partition coefficient (Wildman–Crippen LogP) is 2.70. The van der Waals surface area contributed by atoms with Gasteiger partial charge in [0.15, 0.2) is 0 Å². The van der Waals surface area contributed by atoms with E-state index in [0.29, 0.717) is 17.4 Å². The van der Waals surface area contributed by atoms with Crippen LogP contribution in [0.5, 0.6) is 0 Å². The van der Waals surface area contributed by atoms with Crippen molar-refractivity contribution in [2.45, 2.75) is 30.8 Å². The molecule has 0 aliphatic carbocycles. The van der Waals surface area contributed by atoms with Gasteiger partial charge >= 0.3 is 0 Å². The number of para-hydroxylation sites is 1. The average Bonchev–Trinajstić information content (AvgIpc) is 3.48. The van der Waals surface area contributed by atoms with Crippen LogP contribution in [0.25, 0.3) is 5.69 Å². The number of aromatic nitrogens is 6. The Labute approximate surface area is 186 Å². The van der Waals surface area contributed by atoms with E-state index in [9.17, 15) is 9.59 Å². The van der Waals surface area contributed by atoms with Gasteiger partial charge in [0.25, 0.3) is 5.56 Å². The number of hydrogen-bond donors (Lipinski definition) is 1. The zero-order chi connectivity index (χ0) is 22.0. The molecule has 1 amide bonds. The van der Waals surface area contributed by atoms with Gasteiger partial charge in [-0.05, 0) is 47.9 Å². The summed E-state index contributed by atoms with van der Waals surface area (Å²) < 4.78 is 4.92. The molecule has 4 aromatic rings. The molecule has 0 aliphatic rings. The number of tetrazole rings is 1. The van der Waals surface area contributed by atoms with Crippen LogP contribution in [0.4, 0.5) is 5.69 Å². The molecule has 3 heterocycles. The summed E-state index contributed by atoms with van der Waals surface area (Å²) in [5.41, 5.74) is 1.39. The molecule has 0 aliphatic heterocycles. The van der Waals surface area contributed by atoms with Crippen molar-refractivity contribution in [3.63, 3.8) is 0 Å². The van der Waals surface area contributed by atoms with Gasteiger partial charge in [-0.2, -0.15) is 0 Å². The summed E-state index contributed by atoms with van der Waals surface area (Å²) >= 11 is 2.87. The van der Waals surface area contributed by atoms with Gasteiger partial charge in [0.2, 0.25) is 11.1 Å². The Morgan fingerprint density at radius 2 is 2.00 bits per heavy atom. The van der Waals surface area contributed by atoms with E-state index in [-0.39, 0.29) is 17.2 Å². The van der Waals surface area contributed by atoms with Crippen LogP contribution < -0.4 is 10.9 Å². The number of thiophene rings is 1. The third-order valence-corrected chi connectivity index (χ3v) is 6.77. The smallest absolute Gasteiger partial charge is 0.295 e. The highest BCUT2D eigenvalue weighted by atomic mass is 32.2. The van der Waals surface area contributed by atoms with Gasteiger partial charge in [0.1, 0.15) is 5.69 Å². The predicted molar refractivity (Wildman–Crippen MR) is 121 cm³/mol. The quantitative estimate of drug-likeness (QED) is 0.430. The standard InChI is InChI=1S/C20H21N7O2S2/c1-13-17(19(29)27(25(13)3)15-8-5-4-6-9-15)21-18(28)14(2)31-20-22-23-24-26(20)12-16-10-7-11-30-16/h4-11,14H,12H2,1-3H3,(H,21,28). The molecular formula is C20H21N7O2S2. The first-order valence-corrected chi connectivity index (χ1v) is 11.3. The summed E-state index contributed by atoms with van der Waals surface area (Å²) in [5, 5.41) is 16.6. The van der Waals surface area contributed by atoms with Crippen molar-refractivity contribution >= 4 is 34.7 Å². The number of nitrogens with zero attached hydrogens (tertiary/aromatic N) is 6. The van der Waals surface area contributed by atoms with Crippen molar-refractivity contribution in [3.8, 4) is 5.69 Å². The number of nitrogens with one attached hydrogen (secondary N) is 1. The lowest BCUT2D eigenvalue weighted by molar-refractivity contribution is -0.115. The summed E-state index contributed by atoms with van der Waals surface area (Å²) in [7, 11) is 1.79. The van der Waals surface area contributed by atoms with E-state index in [1.165, 1.54) is 16.4 Å². The minimum absolute atomic E-state index is 0.266. The zero-order valence-corrected chi connectivity index (χ0v) is 18.9. The van der Waals surface area contributed by atoms with Crippen LogP contribution in [-0.4, -0.2) is 40.7 Å². The van der Waals surface area contributed by atoms with Crippen LogP contribution in [0.15, 0.2) is 57.8 Å². The van der Waals surface area contributed by atoms with E-state index in [0.717, 1.165) is 10.6 Å². The Morgan fingerprint density at radius 3 is 2.71 bits per heavy atom. The fourth-order valence-corrected chi connectivity index (χ4v) is 4.55. The molecule has 0 saturated heterocycles. The largest absolute Gasteiger partial charge is 0.319 e. The Kier molecular flexibility index (Phi) is 6.05. The molecule has 1 aromatic carbocycles. The van der Waals surface area contributed by atoms with Crippen LogP contribution in [-0.2, 0) is 18.4 Å². The second-order valence-electron chi connectivity index (χ2n) is 6.88. The van der Waals surface area contributed by atoms with Crippen molar-refractivity contribution in [3.05, 3.63) is 68.8 Å². The molecule has 1 atom stereocenters. The Morgan fingerprint density at radius 1 is 1.23 bits per heavy atom. The maximum absolute atomic E-state index is 13.0. The number of thioether (sulfide) groups is 1. The van der Waals surface area contributed by atoms with E-state index in [1.54, 1.807) is 41.6 Å². The molecule has 1 unspecified atom stereocenters. The first-order chi connectivity index (χ1) is 15.0. The molecule has 4 rings (SSSR count). The summed E-state index contributed by atoms with van der Waals surface area (Å²) in [6.45, 7) is 4.11. The van der Waals surface area contributed by atoms with E-state index < -0.39 is 5.25 Å². The first kappa shape index (κ1) is 21.1. The Hall–Kier alpha value is -3.18. The molecule has 0 bridgehead atoms. The maximum Gasteiger partial charge on any atom is 0.295 e. The van der Waals surface area contributed by atoms with Crippen molar-refractivity contribution in [2.75, 3.05) is 5.32 Å². The third kappa shape index (κ3) is 4.32. The van der Waals surface area contributed by atoms with Crippen molar-refractivity contribution in [2.24, 2.45) is 7.05 Å². The SMILES string of the molecule is Cc1c(NC(=O)C(C)Sc2nnnn2Cc2cccs2)c(=O)n(-c2ccccc2)n1C. The van der Waals surface area contributed by atoms with Crippen molar-refractivity contribution in [1.82, 2.24) is 29.6 Å². The molecule has 1 N–H and O–H groups in total. The van der Waals surface area contributed by atoms with E-state index in [1.807, 2.05) is 47.8 Å². The topological polar surface area (TPSA) is 99.6 Å². The van der Waals surface area contributed by atoms with E-state index >= 15 is 0 Å². The van der Waals surface area contributed by atoms with E-state index in [2.05, 4.69) is 20.8 Å². The average molecular weight is 456 g/mol. The minimum Gasteiger partial charge on any atom is -0.319 e. The minimum atomic E-state index is -0.503. The number of benzene rings is 1. The van der Waals surface area contributed by atoms with Crippen molar-refractivity contribution in [1.29, 1.82) is 0 Å². The van der Waals surface area contributed by atoms with Crippen LogP contribution >= 0.6 is 23.1 Å². The Balaban J connectivity index is 1.51. The molecule has 160 valence electrons. The van der Waals surface area contributed by atoms with Gasteiger partial charge in [0.05, 0.1) is 23.2 Å². The summed E-state index contributed by atoms with van der Waals surface area (Å²) in [6.07, 6.45) is 0. The second kappa shape index (κ2) is 8.90. The molecule has 3 aromatic heterocycles. The fraction of sp³-hybridized carbons (Fsp3) is 0.250. The van der Waals surface area contributed by atoms with Gasteiger partial charge in [-0.25, -0.2) is 9.36 Å². The van der Waals surface area contributed by atoms with Gasteiger partial charge in [-0.15, -0.1) is 16.4 Å². The van der Waals surface area contributed by atoms with Crippen LogP contribution in [0.2, 0.25) is 0 Å². The molecule has 0 fully saturated rings. The van der Waals surface area contributed by atoms with Crippen molar-refractivity contribution < 1.29 is 4.79 Å². The fourth-order valence-electron chi connectivity index (χ4n) is 3.08. The number of anilines is 1. The lowest BCUT2D eigenvalue weighted by Crippen LogP contribution is -2.27. The van der Waals surface area contributed by atoms with Crippen LogP contribution in [0.3, 0.4) is 0 Å². The third-order valence-electron chi connectivity index (χ3n) is 4.84. The molecule has 9 nitrogen and oxygen atoms in total.